The first-order valence-corrected chi connectivity index (χ1v) is 14.3. The molecular formula is C28H30N6O5S. The molecule has 0 aliphatic carbocycles. The first-order chi connectivity index (χ1) is 19.1. The summed E-state index contributed by atoms with van der Waals surface area (Å²) in [6, 6.07) is 14.1. The SMILES string of the molecule is Cc1cccc(C)c1-c1cc(Oc2ccc(C(=O)N3CCC(O)CC3)cc2)nc(NS(=O)(=O)c2cnn(C)c2)n1. The van der Waals surface area contributed by atoms with Crippen LogP contribution < -0.4 is 9.46 Å². The molecule has 208 valence electrons. The summed E-state index contributed by atoms with van der Waals surface area (Å²) in [5.74, 6) is 0.279. The van der Waals surface area contributed by atoms with Gasteiger partial charge in [-0.05, 0) is 62.1 Å². The summed E-state index contributed by atoms with van der Waals surface area (Å²) in [7, 11) is -2.38. The Kier molecular flexibility index (Phi) is 7.55. The van der Waals surface area contributed by atoms with Crippen molar-refractivity contribution in [3.63, 3.8) is 0 Å². The number of aromatic nitrogens is 4. The molecule has 0 bridgehead atoms. The number of anilines is 1. The van der Waals surface area contributed by atoms with Gasteiger partial charge in [0.2, 0.25) is 11.8 Å². The molecule has 2 aromatic carbocycles. The maximum atomic E-state index is 13.0. The number of amides is 1. The van der Waals surface area contributed by atoms with Crippen molar-refractivity contribution in [3.05, 3.63) is 77.6 Å². The Morgan fingerprint density at radius 3 is 2.35 bits per heavy atom. The predicted octanol–water partition coefficient (Wildman–Crippen LogP) is 3.68. The number of aliphatic hydroxyl groups excluding tert-OH is 1. The Hall–Kier alpha value is -4.29. The standard InChI is InChI=1S/C28H30N6O5S/c1-18-5-4-6-19(2)26(18)24-15-25(31-28(30-24)32-40(37,38)23-16-29-33(3)17-23)39-22-9-7-20(8-10-22)27(36)34-13-11-21(35)12-14-34/h4-10,15-17,21,35H,11-14H2,1-3H3,(H,30,31,32). The molecule has 0 spiro atoms. The first kappa shape index (κ1) is 27.3. The summed E-state index contributed by atoms with van der Waals surface area (Å²) in [6.45, 7) is 4.92. The number of hydrogen-bond donors (Lipinski definition) is 2. The Bertz CT molecular complexity index is 1620. The molecule has 1 aliphatic heterocycles. The zero-order valence-corrected chi connectivity index (χ0v) is 23.2. The molecule has 1 saturated heterocycles. The number of sulfonamides is 1. The summed E-state index contributed by atoms with van der Waals surface area (Å²) in [5.41, 5.74) is 3.75. The van der Waals surface area contributed by atoms with Crippen molar-refractivity contribution < 1.29 is 23.1 Å². The zero-order valence-electron chi connectivity index (χ0n) is 22.4. The first-order valence-electron chi connectivity index (χ1n) is 12.8. The van der Waals surface area contributed by atoms with Crippen LogP contribution in [0.1, 0.15) is 34.3 Å². The van der Waals surface area contributed by atoms with E-state index >= 15 is 0 Å². The van der Waals surface area contributed by atoms with Crippen LogP contribution in [0.25, 0.3) is 11.3 Å². The van der Waals surface area contributed by atoms with E-state index in [2.05, 4.69) is 19.8 Å². The molecule has 0 saturated carbocycles. The number of aryl methyl sites for hydroxylation is 3. The monoisotopic (exact) mass is 562 g/mol. The molecule has 3 heterocycles. The molecule has 4 aromatic rings. The van der Waals surface area contributed by atoms with Crippen molar-refractivity contribution in [1.82, 2.24) is 24.6 Å². The van der Waals surface area contributed by atoms with Gasteiger partial charge in [-0.2, -0.15) is 10.1 Å². The second kappa shape index (κ2) is 11.1. The predicted molar refractivity (Wildman–Crippen MR) is 149 cm³/mol. The number of nitrogens with zero attached hydrogens (tertiary/aromatic N) is 5. The number of likely N-dealkylation sites (tertiary alicyclic amines) is 1. The number of ether oxygens (including phenoxy) is 1. The van der Waals surface area contributed by atoms with E-state index in [1.807, 2.05) is 32.0 Å². The highest BCUT2D eigenvalue weighted by atomic mass is 32.2. The van der Waals surface area contributed by atoms with Gasteiger partial charge in [-0.25, -0.2) is 18.1 Å². The van der Waals surface area contributed by atoms with Gasteiger partial charge < -0.3 is 14.7 Å². The van der Waals surface area contributed by atoms with E-state index < -0.39 is 10.0 Å². The van der Waals surface area contributed by atoms with E-state index in [0.29, 0.717) is 42.9 Å². The van der Waals surface area contributed by atoms with Crippen LogP contribution in [0.5, 0.6) is 11.6 Å². The summed E-state index contributed by atoms with van der Waals surface area (Å²) >= 11 is 0. The number of rotatable bonds is 7. The molecule has 0 radical (unpaired) electrons. The van der Waals surface area contributed by atoms with Crippen LogP contribution in [0.4, 0.5) is 5.95 Å². The highest BCUT2D eigenvalue weighted by Gasteiger charge is 2.23. The molecule has 5 rings (SSSR count). The highest BCUT2D eigenvalue weighted by molar-refractivity contribution is 7.92. The van der Waals surface area contributed by atoms with Crippen molar-refractivity contribution in [3.8, 4) is 22.9 Å². The fourth-order valence-corrected chi connectivity index (χ4v) is 5.55. The summed E-state index contributed by atoms with van der Waals surface area (Å²) in [6.07, 6.45) is 3.39. The molecule has 2 aromatic heterocycles. The van der Waals surface area contributed by atoms with Gasteiger partial charge in [0.15, 0.2) is 0 Å². The number of carbonyl (C=O) groups excluding carboxylic acids is 1. The summed E-state index contributed by atoms with van der Waals surface area (Å²) < 4.78 is 35.8. The molecule has 1 aliphatic rings. The van der Waals surface area contributed by atoms with Gasteiger partial charge in [0, 0.05) is 43.5 Å². The fraction of sp³-hybridized carbons (Fsp3) is 0.286. The van der Waals surface area contributed by atoms with E-state index in [9.17, 15) is 18.3 Å². The van der Waals surface area contributed by atoms with Gasteiger partial charge in [-0.1, -0.05) is 18.2 Å². The van der Waals surface area contributed by atoms with E-state index in [-0.39, 0.29) is 28.7 Å². The zero-order chi connectivity index (χ0) is 28.4. The van der Waals surface area contributed by atoms with E-state index in [1.165, 1.54) is 17.1 Å². The maximum absolute atomic E-state index is 13.0. The second-order valence-corrected chi connectivity index (χ2v) is 11.5. The van der Waals surface area contributed by atoms with Crippen LogP contribution in [-0.4, -0.2) is 63.3 Å². The molecule has 0 atom stereocenters. The minimum absolute atomic E-state index is 0.0259. The second-order valence-electron chi connectivity index (χ2n) is 9.79. The number of carbonyl (C=O) groups is 1. The molecule has 0 unspecified atom stereocenters. The Morgan fingerprint density at radius 2 is 1.73 bits per heavy atom. The van der Waals surface area contributed by atoms with Crippen LogP contribution in [0, 0.1) is 13.8 Å². The lowest BCUT2D eigenvalue weighted by atomic mass is 10.00. The molecular weight excluding hydrogens is 532 g/mol. The van der Waals surface area contributed by atoms with Crippen molar-refractivity contribution in [2.45, 2.75) is 37.7 Å². The van der Waals surface area contributed by atoms with E-state index in [1.54, 1.807) is 42.3 Å². The van der Waals surface area contributed by atoms with Crippen LogP contribution in [0.2, 0.25) is 0 Å². The third-order valence-corrected chi connectivity index (χ3v) is 8.02. The van der Waals surface area contributed by atoms with Gasteiger partial charge in [0.05, 0.1) is 18.0 Å². The summed E-state index contributed by atoms with van der Waals surface area (Å²) in [5, 5.41) is 13.6. The lowest BCUT2D eigenvalue weighted by Gasteiger charge is -2.29. The van der Waals surface area contributed by atoms with Gasteiger partial charge in [0.25, 0.3) is 15.9 Å². The quantitative estimate of drug-likeness (QED) is 0.348. The Balaban J connectivity index is 1.44. The number of nitrogens with one attached hydrogen (secondary N) is 1. The van der Waals surface area contributed by atoms with Crippen molar-refractivity contribution in [1.29, 1.82) is 0 Å². The number of benzene rings is 2. The molecule has 40 heavy (non-hydrogen) atoms. The minimum Gasteiger partial charge on any atom is -0.439 e. The molecule has 11 nitrogen and oxygen atoms in total. The van der Waals surface area contributed by atoms with Crippen LogP contribution in [0.15, 0.2) is 65.8 Å². The van der Waals surface area contributed by atoms with Gasteiger partial charge in [-0.3, -0.25) is 9.48 Å². The van der Waals surface area contributed by atoms with E-state index in [0.717, 1.165) is 16.7 Å². The fourth-order valence-electron chi connectivity index (χ4n) is 4.62. The average molecular weight is 563 g/mol. The smallest absolute Gasteiger partial charge is 0.267 e. The highest BCUT2D eigenvalue weighted by Crippen LogP contribution is 2.31. The van der Waals surface area contributed by atoms with E-state index in [4.69, 9.17) is 4.74 Å². The molecule has 1 amide bonds. The van der Waals surface area contributed by atoms with Crippen molar-refractivity contribution in [2.75, 3.05) is 17.8 Å². The van der Waals surface area contributed by atoms with Gasteiger partial charge >= 0.3 is 0 Å². The lowest BCUT2D eigenvalue weighted by Crippen LogP contribution is -2.40. The normalized spacial score (nSPS) is 14.2. The third kappa shape index (κ3) is 5.97. The van der Waals surface area contributed by atoms with Crippen LogP contribution >= 0.6 is 0 Å². The molecule has 12 heteroatoms. The average Bonchev–Trinajstić information content (AvgIpc) is 3.36. The van der Waals surface area contributed by atoms with Crippen molar-refractivity contribution in [2.24, 2.45) is 7.05 Å². The largest absolute Gasteiger partial charge is 0.439 e. The number of hydrogen-bond acceptors (Lipinski definition) is 8. The van der Waals surface area contributed by atoms with Crippen molar-refractivity contribution >= 4 is 21.9 Å². The minimum atomic E-state index is -4.00. The summed E-state index contributed by atoms with van der Waals surface area (Å²) in [4.78, 5) is 23.4. The van der Waals surface area contributed by atoms with Gasteiger partial charge in [-0.15, -0.1) is 0 Å². The third-order valence-electron chi connectivity index (χ3n) is 6.73. The lowest BCUT2D eigenvalue weighted by molar-refractivity contribution is 0.0546. The maximum Gasteiger partial charge on any atom is 0.267 e. The molecule has 1 fully saturated rings. The Labute approximate surface area is 232 Å². The van der Waals surface area contributed by atoms with Crippen LogP contribution in [0.3, 0.4) is 0 Å². The van der Waals surface area contributed by atoms with Crippen LogP contribution in [-0.2, 0) is 17.1 Å². The number of aliphatic hydroxyl groups is 1. The van der Waals surface area contributed by atoms with Gasteiger partial charge in [0.1, 0.15) is 10.6 Å². The Morgan fingerprint density at radius 1 is 1.05 bits per heavy atom. The molecule has 2 N–H and O–H groups in total. The topological polar surface area (TPSA) is 140 Å². The number of piperidine rings is 1.